The first-order valence-corrected chi connectivity index (χ1v) is 7.14. The molecular formula is C14H10N8O3. The summed E-state index contributed by atoms with van der Waals surface area (Å²) in [5.74, 6) is 0.828. The molecule has 0 amide bonds. The minimum Gasteiger partial charge on any atom is -0.360 e. The first-order valence-electron chi connectivity index (χ1n) is 7.14. The van der Waals surface area contributed by atoms with Crippen LogP contribution in [0.25, 0.3) is 16.9 Å². The average Bonchev–Trinajstić information content (AvgIpc) is 3.20. The number of nitrogens with one attached hydrogen (secondary N) is 1. The van der Waals surface area contributed by atoms with Gasteiger partial charge in [0.2, 0.25) is 11.6 Å². The second-order valence-electron chi connectivity index (χ2n) is 5.09. The van der Waals surface area contributed by atoms with E-state index >= 15 is 0 Å². The summed E-state index contributed by atoms with van der Waals surface area (Å²) in [5.41, 5.74) is 0.836. The number of hydrogen-bond donors (Lipinski definition) is 1. The van der Waals surface area contributed by atoms with Gasteiger partial charge in [-0.2, -0.15) is 4.68 Å². The van der Waals surface area contributed by atoms with Crippen molar-refractivity contribution in [2.24, 2.45) is 0 Å². The van der Waals surface area contributed by atoms with Crippen molar-refractivity contribution >= 4 is 28.4 Å². The number of rotatable bonds is 4. The van der Waals surface area contributed by atoms with Crippen molar-refractivity contribution in [3.63, 3.8) is 0 Å². The molecule has 0 aliphatic heterocycles. The highest BCUT2D eigenvalue weighted by Crippen LogP contribution is 2.30. The lowest BCUT2D eigenvalue weighted by Crippen LogP contribution is -2.09. The molecule has 0 radical (unpaired) electrons. The lowest BCUT2D eigenvalue weighted by Gasteiger charge is -2.06. The third-order valence-corrected chi connectivity index (χ3v) is 3.41. The van der Waals surface area contributed by atoms with Gasteiger partial charge in [0, 0.05) is 6.07 Å². The third-order valence-electron chi connectivity index (χ3n) is 3.41. The molecular weight excluding hydrogens is 328 g/mol. The summed E-state index contributed by atoms with van der Waals surface area (Å²) < 4.78 is 6.24. The summed E-state index contributed by atoms with van der Waals surface area (Å²) in [6, 6.07) is 8.68. The van der Waals surface area contributed by atoms with Crippen LogP contribution in [0.2, 0.25) is 0 Å². The first kappa shape index (κ1) is 14.7. The Balaban J connectivity index is 1.88. The van der Waals surface area contributed by atoms with Crippen LogP contribution in [-0.4, -0.2) is 35.0 Å². The van der Waals surface area contributed by atoms with Crippen LogP contribution < -0.4 is 5.32 Å². The van der Waals surface area contributed by atoms with Crippen LogP contribution in [0.5, 0.6) is 0 Å². The summed E-state index contributed by atoms with van der Waals surface area (Å²) >= 11 is 0. The molecule has 124 valence electrons. The second kappa shape index (κ2) is 5.63. The Hall–Kier alpha value is -3.89. The molecule has 0 spiro atoms. The first-order chi connectivity index (χ1) is 12.1. The fourth-order valence-corrected chi connectivity index (χ4v) is 2.36. The van der Waals surface area contributed by atoms with Gasteiger partial charge in [-0.3, -0.25) is 10.1 Å². The van der Waals surface area contributed by atoms with Crippen molar-refractivity contribution in [3.8, 4) is 5.82 Å². The molecule has 0 aliphatic carbocycles. The fourth-order valence-electron chi connectivity index (χ4n) is 2.36. The Morgan fingerprint density at radius 2 is 2.12 bits per heavy atom. The van der Waals surface area contributed by atoms with Crippen LogP contribution in [0.3, 0.4) is 0 Å². The zero-order valence-electron chi connectivity index (χ0n) is 12.8. The van der Waals surface area contributed by atoms with E-state index in [-0.39, 0.29) is 17.3 Å². The van der Waals surface area contributed by atoms with Gasteiger partial charge in [-0.25, -0.2) is 9.97 Å². The van der Waals surface area contributed by atoms with Gasteiger partial charge in [0.05, 0.1) is 10.4 Å². The van der Waals surface area contributed by atoms with Gasteiger partial charge in [0.15, 0.2) is 5.82 Å². The molecule has 1 aromatic carbocycles. The van der Waals surface area contributed by atoms with Crippen LogP contribution in [-0.2, 0) is 0 Å². The minimum atomic E-state index is -0.582. The summed E-state index contributed by atoms with van der Waals surface area (Å²) in [7, 11) is 0. The molecule has 0 fully saturated rings. The molecule has 0 unspecified atom stereocenters. The normalized spacial score (nSPS) is 10.9. The number of aryl methyl sites for hydroxylation is 1. The van der Waals surface area contributed by atoms with E-state index in [4.69, 9.17) is 4.52 Å². The SMILES string of the molecule is Cc1cc(Nc2ncnc(-n3nnc4ccccc43)c2[N+](=O)[O-])no1. The number of nitro groups is 1. The second-order valence-corrected chi connectivity index (χ2v) is 5.09. The Morgan fingerprint density at radius 3 is 2.88 bits per heavy atom. The van der Waals surface area contributed by atoms with E-state index in [1.165, 1.54) is 11.0 Å². The van der Waals surface area contributed by atoms with Gasteiger partial charge in [0.1, 0.15) is 17.6 Å². The molecule has 0 aliphatic rings. The van der Waals surface area contributed by atoms with Gasteiger partial charge in [-0.05, 0) is 19.1 Å². The molecule has 3 aromatic heterocycles. The van der Waals surface area contributed by atoms with E-state index in [0.717, 1.165) is 0 Å². The standard InChI is InChI=1S/C14H10N8O3/c1-8-6-11(19-25-8)17-13-12(22(23)24)14(16-7-15-13)21-10-5-3-2-4-9(10)18-20-21/h2-7H,1H3,(H,15,16,17,19). The summed E-state index contributed by atoms with van der Waals surface area (Å²) in [6.45, 7) is 1.71. The summed E-state index contributed by atoms with van der Waals surface area (Å²) in [6.07, 6.45) is 1.20. The molecule has 0 saturated carbocycles. The van der Waals surface area contributed by atoms with Crippen molar-refractivity contribution in [2.75, 3.05) is 5.32 Å². The highest BCUT2D eigenvalue weighted by Gasteiger charge is 2.26. The van der Waals surface area contributed by atoms with Crippen molar-refractivity contribution in [3.05, 3.63) is 52.5 Å². The number of fused-ring (bicyclic) bond motifs is 1. The molecule has 3 heterocycles. The Morgan fingerprint density at radius 1 is 1.28 bits per heavy atom. The maximum atomic E-state index is 11.6. The molecule has 4 aromatic rings. The fraction of sp³-hybridized carbons (Fsp3) is 0.0714. The van der Waals surface area contributed by atoms with E-state index in [1.807, 2.05) is 0 Å². The van der Waals surface area contributed by atoms with Crippen molar-refractivity contribution < 1.29 is 9.45 Å². The van der Waals surface area contributed by atoms with Gasteiger partial charge in [-0.15, -0.1) is 5.10 Å². The predicted molar refractivity (Wildman–Crippen MR) is 85.6 cm³/mol. The Kier molecular flexibility index (Phi) is 3.31. The minimum absolute atomic E-state index is 0.00332. The molecule has 1 N–H and O–H groups in total. The van der Waals surface area contributed by atoms with Crippen LogP contribution in [0.1, 0.15) is 5.76 Å². The number of hydrogen-bond acceptors (Lipinski definition) is 9. The molecule has 11 heteroatoms. The lowest BCUT2D eigenvalue weighted by atomic mass is 10.3. The van der Waals surface area contributed by atoms with Gasteiger partial charge >= 0.3 is 5.69 Å². The molecule has 4 rings (SSSR count). The molecule has 0 atom stereocenters. The summed E-state index contributed by atoms with van der Waals surface area (Å²) in [4.78, 5) is 19.0. The van der Waals surface area contributed by atoms with Crippen LogP contribution in [0.4, 0.5) is 17.3 Å². The van der Waals surface area contributed by atoms with E-state index in [9.17, 15) is 10.1 Å². The van der Waals surface area contributed by atoms with E-state index < -0.39 is 4.92 Å². The quantitative estimate of drug-likeness (QED) is 0.438. The van der Waals surface area contributed by atoms with Gasteiger partial charge < -0.3 is 9.84 Å². The number of nitrogens with zero attached hydrogens (tertiary/aromatic N) is 7. The van der Waals surface area contributed by atoms with E-state index in [1.54, 1.807) is 37.3 Å². The number of benzene rings is 1. The summed E-state index contributed by atoms with van der Waals surface area (Å²) in [5, 5.41) is 26.1. The maximum absolute atomic E-state index is 11.6. The van der Waals surface area contributed by atoms with Crippen LogP contribution >= 0.6 is 0 Å². The Labute approximate surface area is 139 Å². The van der Waals surface area contributed by atoms with E-state index in [0.29, 0.717) is 22.6 Å². The highest BCUT2D eigenvalue weighted by atomic mass is 16.6. The van der Waals surface area contributed by atoms with Crippen molar-refractivity contribution in [1.29, 1.82) is 0 Å². The smallest absolute Gasteiger partial charge is 0.356 e. The number of para-hydroxylation sites is 1. The number of anilines is 2. The molecule has 11 nitrogen and oxygen atoms in total. The lowest BCUT2D eigenvalue weighted by molar-refractivity contribution is -0.384. The molecule has 25 heavy (non-hydrogen) atoms. The van der Waals surface area contributed by atoms with E-state index in [2.05, 4.69) is 30.8 Å². The predicted octanol–water partition coefficient (Wildman–Crippen LogP) is 2.16. The topological polar surface area (TPSA) is 138 Å². The number of aromatic nitrogens is 6. The molecule has 0 bridgehead atoms. The highest BCUT2D eigenvalue weighted by molar-refractivity contribution is 5.78. The van der Waals surface area contributed by atoms with Crippen molar-refractivity contribution in [2.45, 2.75) is 6.92 Å². The zero-order valence-corrected chi connectivity index (χ0v) is 12.8. The monoisotopic (exact) mass is 338 g/mol. The largest absolute Gasteiger partial charge is 0.360 e. The average molecular weight is 338 g/mol. The third kappa shape index (κ3) is 2.52. The van der Waals surface area contributed by atoms with Crippen LogP contribution in [0.15, 0.2) is 41.2 Å². The van der Waals surface area contributed by atoms with Crippen LogP contribution in [0, 0.1) is 17.0 Å². The van der Waals surface area contributed by atoms with Gasteiger partial charge in [-0.1, -0.05) is 22.5 Å². The van der Waals surface area contributed by atoms with Gasteiger partial charge in [0.25, 0.3) is 0 Å². The van der Waals surface area contributed by atoms with Crippen molar-refractivity contribution in [1.82, 2.24) is 30.1 Å². The maximum Gasteiger partial charge on any atom is 0.356 e. The molecule has 0 saturated heterocycles. The Bertz CT molecular complexity index is 1090. The zero-order chi connectivity index (χ0) is 17.4.